The third kappa shape index (κ3) is 5.43. The minimum absolute atomic E-state index is 0.0193. The topological polar surface area (TPSA) is 72.2 Å². The molecule has 0 bridgehead atoms. The summed E-state index contributed by atoms with van der Waals surface area (Å²) in [5.74, 6) is -0.862. The summed E-state index contributed by atoms with van der Waals surface area (Å²) in [5, 5.41) is 2.73. The van der Waals surface area contributed by atoms with Crippen molar-refractivity contribution in [1.82, 2.24) is 5.32 Å². The molecule has 2 amide bonds. The SMILES string of the molecule is CC(C)(C)c1ccc(C(=O)N[C@H](Cc2cccc(Br)c2)C(N)=O)cc1. The molecule has 2 aromatic carbocycles. The van der Waals surface area contributed by atoms with Gasteiger partial charge in [0.15, 0.2) is 0 Å². The Hall–Kier alpha value is -2.14. The molecule has 0 radical (unpaired) electrons. The van der Waals surface area contributed by atoms with E-state index < -0.39 is 11.9 Å². The lowest BCUT2D eigenvalue weighted by atomic mass is 9.86. The molecular formula is C20H23BrN2O2. The van der Waals surface area contributed by atoms with Crippen molar-refractivity contribution in [2.45, 2.75) is 38.6 Å². The fourth-order valence-corrected chi connectivity index (χ4v) is 2.93. The van der Waals surface area contributed by atoms with Crippen molar-refractivity contribution in [2.24, 2.45) is 5.73 Å². The number of amides is 2. The minimum Gasteiger partial charge on any atom is -0.368 e. The van der Waals surface area contributed by atoms with Crippen molar-refractivity contribution >= 4 is 27.7 Å². The molecule has 132 valence electrons. The highest BCUT2D eigenvalue weighted by Crippen LogP contribution is 2.22. The molecule has 5 heteroatoms. The summed E-state index contributed by atoms with van der Waals surface area (Å²) in [7, 11) is 0. The van der Waals surface area contributed by atoms with Crippen LogP contribution in [0.2, 0.25) is 0 Å². The number of carbonyl (C=O) groups is 2. The van der Waals surface area contributed by atoms with E-state index in [1.54, 1.807) is 12.1 Å². The molecule has 4 nitrogen and oxygen atoms in total. The van der Waals surface area contributed by atoms with E-state index in [2.05, 4.69) is 42.0 Å². The van der Waals surface area contributed by atoms with E-state index in [9.17, 15) is 9.59 Å². The van der Waals surface area contributed by atoms with Gasteiger partial charge < -0.3 is 11.1 Å². The summed E-state index contributed by atoms with van der Waals surface area (Å²) in [5.41, 5.74) is 8.05. The predicted molar refractivity (Wildman–Crippen MR) is 103 cm³/mol. The summed E-state index contributed by atoms with van der Waals surface area (Å²) >= 11 is 3.40. The predicted octanol–water partition coefficient (Wildman–Crippen LogP) is 3.57. The maximum atomic E-state index is 12.4. The molecule has 3 N–H and O–H groups in total. The first-order chi connectivity index (χ1) is 11.7. The Morgan fingerprint density at radius 2 is 1.76 bits per heavy atom. The van der Waals surface area contributed by atoms with Crippen LogP contribution in [-0.4, -0.2) is 17.9 Å². The molecule has 0 spiro atoms. The van der Waals surface area contributed by atoms with Gasteiger partial charge in [0.2, 0.25) is 5.91 Å². The fraction of sp³-hybridized carbons (Fsp3) is 0.300. The largest absolute Gasteiger partial charge is 0.368 e. The molecular weight excluding hydrogens is 380 g/mol. The highest BCUT2D eigenvalue weighted by molar-refractivity contribution is 9.10. The van der Waals surface area contributed by atoms with Crippen molar-refractivity contribution in [3.8, 4) is 0 Å². The number of benzene rings is 2. The monoisotopic (exact) mass is 402 g/mol. The molecule has 2 aromatic rings. The number of primary amides is 1. The number of nitrogens with one attached hydrogen (secondary N) is 1. The zero-order chi connectivity index (χ0) is 18.6. The molecule has 0 aliphatic heterocycles. The molecule has 0 aromatic heterocycles. The first-order valence-corrected chi connectivity index (χ1v) is 8.91. The van der Waals surface area contributed by atoms with Crippen molar-refractivity contribution in [3.05, 3.63) is 69.7 Å². The van der Waals surface area contributed by atoms with Crippen LogP contribution in [0.1, 0.15) is 42.3 Å². The number of halogens is 1. The minimum atomic E-state index is -0.760. The zero-order valence-electron chi connectivity index (χ0n) is 14.7. The van der Waals surface area contributed by atoms with Crippen LogP contribution in [0.3, 0.4) is 0 Å². The van der Waals surface area contributed by atoms with Crippen LogP contribution < -0.4 is 11.1 Å². The van der Waals surface area contributed by atoms with E-state index in [4.69, 9.17) is 5.73 Å². The molecule has 0 aliphatic rings. The van der Waals surface area contributed by atoms with E-state index in [0.29, 0.717) is 12.0 Å². The summed E-state index contributed by atoms with van der Waals surface area (Å²) in [4.78, 5) is 24.2. The molecule has 0 aliphatic carbocycles. The Bertz CT molecular complexity index is 764. The Morgan fingerprint density at radius 3 is 2.28 bits per heavy atom. The Morgan fingerprint density at radius 1 is 1.12 bits per heavy atom. The third-order valence-electron chi connectivity index (χ3n) is 3.99. The number of hydrogen-bond donors (Lipinski definition) is 2. The fourth-order valence-electron chi connectivity index (χ4n) is 2.49. The lowest BCUT2D eigenvalue weighted by Gasteiger charge is -2.19. The molecule has 1 atom stereocenters. The van der Waals surface area contributed by atoms with E-state index in [0.717, 1.165) is 15.6 Å². The van der Waals surface area contributed by atoms with Gasteiger partial charge in [0.1, 0.15) is 6.04 Å². The van der Waals surface area contributed by atoms with Crippen LogP contribution in [0.4, 0.5) is 0 Å². The van der Waals surface area contributed by atoms with Gasteiger partial charge in [-0.15, -0.1) is 0 Å². The molecule has 0 saturated heterocycles. The summed E-state index contributed by atoms with van der Waals surface area (Å²) < 4.78 is 0.914. The lowest BCUT2D eigenvalue weighted by molar-refractivity contribution is -0.119. The molecule has 0 heterocycles. The van der Waals surface area contributed by atoms with E-state index in [-0.39, 0.29) is 11.3 Å². The number of carbonyl (C=O) groups excluding carboxylic acids is 2. The Balaban J connectivity index is 2.11. The van der Waals surface area contributed by atoms with Gasteiger partial charge in [0.05, 0.1) is 0 Å². The van der Waals surface area contributed by atoms with E-state index in [1.165, 1.54) is 0 Å². The number of nitrogens with two attached hydrogens (primary N) is 1. The van der Waals surface area contributed by atoms with Crippen molar-refractivity contribution in [1.29, 1.82) is 0 Å². The molecule has 25 heavy (non-hydrogen) atoms. The van der Waals surface area contributed by atoms with Crippen LogP contribution >= 0.6 is 15.9 Å². The van der Waals surface area contributed by atoms with Crippen LogP contribution in [-0.2, 0) is 16.6 Å². The summed E-state index contributed by atoms with van der Waals surface area (Å²) in [6.45, 7) is 6.34. The van der Waals surface area contributed by atoms with Crippen molar-refractivity contribution in [2.75, 3.05) is 0 Å². The van der Waals surface area contributed by atoms with Gasteiger partial charge in [-0.1, -0.05) is 61.0 Å². The molecule has 0 fully saturated rings. The average molecular weight is 403 g/mol. The molecule has 0 saturated carbocycles. The third-order valence-corrected chi connectivity index (χ3v) is 4.48. The van der Waals surface area contributed by atoms with Gasteiger partial charge in [0.25, 0.3) is 5.91 Å². The highest BCUT2D eigenvalue weighted by Gasteiger charge is 2.20. The number of rotatable bonds is 5. The van der Waals surface area contributed by atoms with Crippen molar-refractivity contribution in [3.63, 3.8) is 0 Å². The summed E-state index contributed by atoms with van der Waals surface area (Å²) in [6.07, 6.45) is 0.348. The van der Waals surface area contributed by atoms with Gasteiger partial charge in [-0.3, -0.25) is 9.59 Å². The second kappa shape index (κ2) is 7.83. The van der Waals surface area contributed by atoms with Crippen molar-refractivity contribution < 1.29 is 9.59 Å². The maximum Gasteiger partial charge on any atom is 0.251 e. The normalized spacial score (nSPS) is 12.5. The first kappa shape index (κ1) is 19.2. The first-order valence-electron chi connectivity index (χ1n) is 8.12. The zero-order valence-corrected chi connectivity index (χ0v) is 16.3. The second-order valence-corrected chi connectivity index (χ2v) is 8.01. The van der Waals surface area contributed by atoms with Gasteiger partial charge >= 0.3 is 0 Å². The van der Waals surface area contributed by atoms with Crippen LogP contribution in [0.5, 0.6) is 0 Å². The van der Waals surface area contributed by atoms with Gasteiger partial charge in [-0.25, -0.2) is 0 Å². The summed E-state index contributed by atoms with van der Waals surface area (Å²) in [6, 6.07) is 14.2. The quantitative estimate of drug-likeness (QED) is 0.801. The van der Waals surface area contributed by atoms with Crippen LogP contribution in [0.25, 0.3) is 0 Å². The van der Waals surface area contributed by atoms with E-state index in [1.807, 2.05) is 36.4 Å². The average Bonchev–Trinajstić information content (AvgIpc) is 2.53. The van der Waals surface area contributed by atoms with Gasteiger partial charge in [-0.05, 0) is 40.8 Å². The standard InChI is InChI=1S/C20H23BrN2O2/c1-20(2,3)15-9-7-14(8-10-15)19(25)23-17(18(22)24)12-13-5-4-6-16(21)11-13/h4-11,17H,12H2,1-3H3,(H2,22,24)(H,23,25)/t17-/m1/s1. The smallest absolute Gasteiger partial charge is 0.251 e. The second-order valence-electron chi connectivity index (χ2n) is 7.09. The van der Waals surface area contributed by atoms with Crippen LogP contribution in [0.15, 0.2) is 53.0 Å². The highest BCUT2D eigenvalue weighted by atomic mass is 79.9. The van der Waals surface area contributed by atoms with E-state index >= 15 is 0 Å². The van der Waals surface area contributed by atoms with Gasteiger partial charge in [0, 0.05) is 16.5 Å². The lowest BCUT2D eigenvalue weighted by Crippen LogP contribution is -2.45. The Labute approximate surface area is 156 Å². The molecule has 0 unspecified atom stereocenters. The number of hydrogen-bond acceptors (Lipinski definition) is 2. The van der Waals surface area contributed by atoms with Crippen LogP contribution in [0, 0.1) is 0 Å². The van der Waals surface area contributed by atoms with Gasteiger partial charge in [-0.2, -0.15) is 0 Å². The Kier molecular flexibility index (Phi) is 6.01. The molecule has 2 rings (SSSR count). The maximum absolute atomic E-state index is 12.4.